The van der Waals surface area contributed by atoms with E-state index >= 15 is 0 Å². The molecular formula is C31H45N7O3. The molecule has 2 saturated carbocycles. The number of carbonyl (C=O) groups excluding carboxylic acids is 3. The van der Waals surface area contributed by atoms with Crippen molar-refractivity contribution in [3.63, 3.8) is 0 Å². The first-order chi connectivity index (χ1) is 19.5. The number of nitrogens with one attached hydrogen (secondary N) is 2. The second-order valence-electron chi connectivity index (χ2n) is 12.9. The zero-order chi connectivity index (χ0) is 30.0. The van der Waals surface area contributed by atoms with E-state index in [0.717, 1.165) is 11.8 Å². The average molecular weight is 564 g/mol. The molecule has 3 amide bonds. The lowest BCUT2D eigenvalue weighted by Gasteiger charge is -2.19. The molecule has 1 aromatic heterocycles. The van der Waals surface area contributed by atoms with Crippen LogP contribution >= 0.6 is 0 Å². The van der Waals surface area contributed by atoms with Crippen LogP contribution in [0.15, 0.2) is 36.5 Å². The Balaban J connectivity index is 0.000000206. The SMILES string of the molecule is CC(C)(C)C.CC(CC1CC1)n1cc(C2CC2)nn1.N#CC1CC(C(=O)Nc2ccccc2)CN1C(=O)CNC=O. The molecule has 0 spiro atoms. The number of nitrogens with zero attached hydrogens (tertiary/aromatic N) is 5. The smallest absolute Gasteiger partial charge is 0.243 e. The summed E-state index contributed by atoms with van der Waals surface area (Å²) in [6, 6.07) is 10.9. The van der Waals surface area contributed by atoms with Crippen LogP contribution in [-0.2, 0) is 14.4 Å². The number of carbonyl (C=O) groups is 3. The predicted octanol–water partition coefficient (Wildman–Crippen LogP) is 4.68. The van der Waals surface area contributed by atoms with Crippen molar-refractivity contribution in [2.75, 3.05) is 18.4 Å². The van der Waals surface area contributed by atoms with Crippen LogP contribution in [0, 0.1) is 28.6 Å². The van der Waals surface area contributed by atoms with Gasteiger partial charge in [0.25, 0.3) is 0 Å². The van der Waals surface area contributed by atoms with Crippen molar-refractivity contribution < 1.29 is 14.4 Å². The third-order valence-electron chi connectivity index (χ3n) is 6.87. The Bertz CT molecular complexity index is 1170. The lowest BCUT2D eigenvalue weighted by Crippen LogP contribution is -2.41. The Kier molecular flexibility index (Phi) is 11.4. The highest BCUT2D eigenvalue weighted by molar-refractivity contribution is 5.93. The summed E-state index contributed by atoms with van der Waals surface area (Å²) in [7, 11) is 0. The van der Waals surface area contributed by atoms with Crippen molar-refractivity contribution in [3.05, 3.63) is 42.2 Å². The highest BCUT2D eigenvalue weighted by Crippen LogP contribution is 2.40. The predicted molar refractivity (Wildman–Crippen MR) is 158 cm³/mol. The molecule has 2 aliphatic carbocycles. The molecule has 10 heteroatoms. The van der Waals surface area contributed by atoms with Crippen molar-refractivity contribution in [3.8, 4) is 6.07 Å². The molecule has 2 heterocycles. The molecule has 3 unspecified atom stereocenters. The Hall–Kier alpha value is -3.74. The van der Waals surface area contributed by atoms with E-state index < -0.39 is 12.0 Å². The summed E-state index contributed by atoms with van der Waals surface area (Å²) in [6.45, 7) is 11.0. The van der Waals surface area contributed by atoms with Crippen molar-refractivity contribution in [2.24, 2.45) is 17.3 Å². The third kappa shape index (κ3) is 11.3. The van der Waals surface area contributed by atoms with Crippen LogP contribution in [0.2, 0.25) is 0 Å². The summed E-state index contributed by atoms with van der Waals surface area (Å²) >= 11 is 0. The van der Waals surface area contributed by atoms with Gasteiger partial charge in [-0.1, -0.05) is 63.9 Å². The zero-order valence-electron chi connectivity index (χ0n) is 25.0. The van der Waals surface area contributed by atoms with Gasteiger partial charge in [-0.15, -0.1) is 5.10 Å². The van der Waals surface area contributed by atoms with Gasteiger partial charge in [-0.05, 0) is 56.1 Å². The third-order valence-corrected chi connectivity index (χ3v) is 6.87. The first-order valence-corrected chi connectivity index (χ1v) is 14.6. The van der Waals surface area contributed by atoms with E-state index in [1.807, 2.05) is 24.3 Å². The number of para-hydroxylation sites is 1. The summed E-state index contributed by atoms with van der Waals surface area (Å²) in [5, 5.41) is 22.6. The maximum Gasteiger partial charge on any atom is 0.243 e. The van der Waals surface area contributed by atoms with Gasteiger partial charge in [0.1, 0.15) is 6.04 Å². The lowest BCUT2D eigenvalue weighted by molar-refractivity contribution is -0.131. The summed E-state index contributed by atoms with van der Waals surface area (Å²) < 4.78 is 2.06. The molecular weight excluding hydrogens is 518 g/mol. The topological polar surface area (TPSA) is 133 Å². The van der Waals surface area contributed by atoms with Crippen molar-refractivity contribution >= 4 is 23.9 Å². The van der Waals surface area contributed by atoms with Gasteiger partial charge in [0.2, 0.25) is 18.2 Å². The fourth-order valence-electron chi connectivity index (χ4n) is 4.44. The van der Waals surface area contributed by atoms with E-state index in [2.05, 4.69) is 66.4 Å². The molecule has 3 atom stereocenters. The van der Waals surface area contributed by atoms with Gasteiger partial charge >= 0.3 is 0 Å². The number of benzene rings is 1. The van der Waals surface area contributed by atoms with Crippen LogP contribution in [0.3, 0.4) is 0 Å². The van der Waals surface area contributed by atoms with Crippen molar-refractivity contribution in [1.82, 2.24) is 25.2 Å². The first-order valence-electron chi connectivity index (χ1n) is 14.6. The summed E-state index contributed by atoms with van der Waals surface area (Å²) in [5.74, 6) is 0.680. The molecule has 3 aliphatic rings. The Labute approximate surface area is 243 Å². The van der Waals surface area contributed by atoms with Gasteiger partial charge in [-0.25, -0.2) is 4.68 Å². The molecule has 1 aromatic carbocycles. The van der Waals surface area contributed by atoms with Gasteiger partial charge in [-0.2, -0.15) is 5.26 Å². The minimum atomic E-state index is -0.646. The van der Waals surface area contributed by atoms with Crippen molar-refractivity contribution in [2.45, 2.75) is 91.1 Å². The molecule has 3 fully saturated rings. The average Bonchev–Trinajstić information content (AvgIpc) is 3.85. The molecule has 0 bridgehead atoms. The summed E-state index contributed by atoms with van der Waals surface area (Å²) in [6.07, 6.45) is 9.64. The highest BCUT2D eigenvalue weighted by atomic mass is 16.2. The van der Waals surface area contributed by atoms with Crippen LogP contribution in [0.5, 0.6) is 0 Å². The molecule has 2 N–H and O–H groups in total. The number of nitriles is 1. The van der Waals surface area contributed by atoms with Gasteiger partial charge < -0.3 is 15.5 Å². The minimum Gasteiger partial charge on any atom is -0.350 e. The molecule has 1 aliphatic heterocycles. The van der Waals surface area contributed by atoms with E-state index in [4.69, 9.17) is 5.26 Å². The van der Waals surface area contributed by atoms with Crippen molar-refractivity contribution in [1.29, 1.82) is 5.26 Å². The number of anilines is 1. The van der Waals surface area contributed by atoms with Gasteiger partial charge in [0.15, 0.2) is 0 Å². The second-order valence-corrected chi connectivity index (χ2v) is 12.9. The number of amides is 3. The number of aromatic nitrogens is 3. The number of rotatable bonds is 9. The fraction of sp³-hybridized carbons (Fsp3) is 0.613. The fourth-order valence-corrected chi connectivity index (χ4v) is 4.44. The van der Waals surface area contributed by atoms with Gasteiger partial charge in [0, 0.05) is 24.3 Å². The molecule has 222 valence electrons. The quantitative estimate of drug-likeness (QED) is 0.426. The van der Waals surface area contributed by atoms with E-state index in [1.54, 1.807) is 12.1 Å². The van der Waals surface area contributed by atoms with Crippen LogP contribution < -0.4 is 10.6 Å². The normalized spacial score (nSPS) is 20.3. The van der Waals surface area contributed by atoms with E-state index in [-0.39, 0.29) is 24.9 Å². The zero-order valence-corrected chi connectivity index (χ0v) is 25.0. The van der Waals surface area contributed by atoms with Crippen LogP contribution in [-0.4, -0.2) is 57.2 Å². The molecule has 2 aromatic rings. The van der Waals surface area contributed by atoms with Crippen LogP contribution in [0.25, 0.3) is 0 Å². The van der Waals surface area contributed by atoms with Gasteiger partial charge in [-0.3, -0.25) is 14.4 Å². The van der Waals surface area contributed by atoms with E-state index in [0.29, 0.717) is 30.0 Å². The number of hydrogen-bond acceptors (Lipinski definition) is 6. The number of hydrogen-bond donors (Lipinski definition) is 2. The monoisotopic (exact) mass is 563 g/mol. The van der Waals surface area contributed by atoms with E-state index in [9.17, 15) is 14.4 Å². The minimum absolute atomic E-state index is 0.172. The molecule has 1 saturated heterocycles. The van der Waals surface area contributed by atoms with Crippen LogP contribution in [0.4, 0.5) is 5.69 Å². The van der Waals surface area contributed by atoms with E-state index in [1.165, 1.54) is 42.7 Å². The molecule has 5 rings (SSSR count). The summed E-state index contributed by atoms with van der Waals surface area (Å²) in [5.41, 5.74) is 2.39. The Morgan fingerprint density at radius 1 is 1.15 bits per heavy atom. The maximum atomic E-state index is 12.2. The maximum absolute atomic E-state index is 12.2. The second kappa shape index (κ2) is 14.8. The Morgan fingerprint density at radius 3 is 2.37 bits per heavy atom. The standard InChI is InChI=1S/C15H16N4O3.C11H17N3.C5H12/c16-7-13-6-11(9-19(13)14(21)8-17-10-20)15(22)18-12-4-2-1-3-5-12;1-8(6-9-2-3-9)14-7-11(12-13-14)10-4-5-10;1-5(2,3)4/h1-5,10-11,13H,6,8-9H2,(H,17,20)(H,18,22);7-10H,2-6H2,1H3;1-4H3. The molecule has 10 nitrogen and oxygen atoms in total. The van der Waals surface area contributed by atoms with Crippen LogP contribution in [0.1, 0.15) is 90.8 Å². The summed E-state index contributed by atoms with van der Waals surface area (Å²) in [4.78, 5) is 35.7. The highest BCUT2D eigenvalue weighted by Gasteiger charge is 2.38. The first kappa shape index (κ1) is 31.8. The largest absolute Gasteiger partial charge is 0.350 e. The lowest BCUT2D eigenvalue weighted by atomic mass is 10.0. The Morgan fingerprint density at radius 2 is 1.80 bits per heavy atom. The molecule has 0 radical (unpaired) electrons. The molecule has 41 heavy (non-hydrogen) atoms. The number of likely N-dealkylation sites (tertiary alicyclic amines) is 1. The van der Waals surface area contributed by atoms with Gasteiger partial charge in [0.05, 0.1) is 30.3 Å².